The van der Waals surface area contributed by atoms with Crippen LogP contribution in [0.1, 0.15) is 37.4 Å². The minimum absolute atomic E-state index is 0.0566. The number of nitrogens with one attached hydrogen (secondary N) is 1. The van der Waals surface area contributed by atoms with Crippen LogP contribution in [0, 0.1) is 0 Å². The van der Waals surface area contributed by atoms with Crippen LogP contribution in [-0.2, 0) is 11.2 Å². The molecular weight excluding hydrogens is 250 g/mol. The molecular formula is C16H27N3O. The van der Waals surface area contributed by atoms with E-state index in [1.165, 1.54) is 11.1 Å². The predicted octanol–water partition coefficient (Wildman–Crippen LogP) is 1.86. The van der Waals surface area contributed by atoms with Gasteiger partial charge in [0.25, 0.3) is 0 Å². The van der Waals surface area contributed by atoms with Crippen molar-refractivity contribution in [3.05, 3.63) is 35.4 Å². The molecule has 1 aliphatic rings. The second kappa shape index (κ2) is 7.74. The third kappa shape index (κ3) is 3.79. The standard InChI is InChI=1S/C16H27N3O/c1-3-6-13-7-5-8-14(11-13)16(18-17)15-12-19(4-2)9-10-20-15/h5,7-8,11,15-16,18H,3-4,6,9-10,12,17H2,1-2H3. The number of morpholine rings is 1. The topological polar surface area (TPSA) is 50.5 Å². The Bertz CT molecular complexity index is 410. The molecule has 3 N–H and O–H groups in total. The van der Waals surface area contributed by atoms with E-state index < -0.39 is 0 Å². The number of nitrogens with two attached hydrogens (primary N) is 1. The summed E-state index contributed by atoms with van der Waals surface area (Å²) in [7, 11) is 0. The molecule has 2 rings (SSSR count). The first kappa shape index (κ1) is 15.4. The van der Waals surface area contributed by atoms with Gasteiger partial charge in [0.1, 0.15) is 0 Å². The van der Waals surface area contributed by atoms with Crippen molar-refractivity contribution in [1.82, 2.24) is 10.3 Å². The van der Waals surface area contributed by atoms with Crippen LogP contribution in [0.25, 0.3) is 0 Å². The summed E-state index contributed by atoms with van der Waals surface area (Å²) >= 11 is 0. The van der Waals surface area contributed by atoms with Gasteiger partial charge in [-0.05, 0) is 24.1 Å². The molecule has 2 atom stereocenters. The first-order valence-electron chi connectivity index (χ1n) is 7.67. The zero-order chi connectivity index (χ0) is 14.4. The quantitative estimate of drug-likeness (QED) is 0.615. The highest BCUT2D eigenvalue weighted by atomic mass is 16.5. The number of benzene rings is 1. The molecule has 20 heavy (non-hydrogen) atoms. The van der Waals surface area contributed by atoms with Crippen molar-refractivity contribution in [2.24, 2.45) is 5.84 Å². The lowest BCUT2D eigenvalue weighted by Gasteiger charge is -2.36. The number of hydrazine groups is 1. The molecule has 0 bridgehead atoms. The second-order valence-corrected chi connectivity index (χ2v) is 5.44. The zero-order valence-corrected chi connectivity index (χ0v) is 12.6. The minimum Gasteiger partial charge on any atom is -0.374 e. The molecule has 1 aliphatic heterocycles. The smallest absolute Gasteiger partial charge is 0.0909 e. The van der Waals surface area contributed by atoms with Crippen LogP contribution in [0.15, 0.2) is 24.3 Å². The van der Waals surface area contributed by atoms with E-state index in [-0.39, 0.29) is 12.1 Å². The third-order valence-electron chi connectivity index (χ3n) is 4.02. The molecule has 0 aromatic heterocycles. The Hall–Kier alpha value is -0.940. The molecule has 4 heteroatoms. The maximum absolute atomic E-state index is 5.93. The first-order chi connectivity index (χ1) is 9.78. The first-order valence-corrected chi connectivity index (χ1v) is 7.67. The van der Waals surface area contributed by atoms with Crippen molar-refractivity contribution >= 4 is 0 Å². The lowest BCUT2D eigenvalue weighted by molar-refractivity contribution is -0.0456. The van der Waals surface area contributed by atoms with Crippen molar-refractivity contribution in [2.45, 2.75) is 38.8 Å². The van der Waals surface area contributed by atoms with Crippen LogP contribution < -0.4 is 11.3 Å². The van der Waals surface area contributed by atoms with Gasteiger partial charge in [0.2, 0.25) is 0 Å². The highest BCUT2D eigenvalue weighted by Gasteiger charge is 2.28. The van der Waals surface area contributed by atoms with Crippen molar-refractivity contribution < 1.29 is 4.74 Å². The highest BCUT2D eigenvalue weighted by Crippen LogP contribution is 2.23. The fraction of sp³-hybridized carbons (Fsp3) is 0.625. The Labute approximate surface area is 122 Å². The number of nitrogens with zero attached hydrogens (tertiary/aromatic N) is 1. The number of hydrogen-bond donors (Lipinski definition) is 2. The summed E-state index contributed by atoms with van der Waals surface area (Å²) < 4.78 is 5.93. The van der Waals surface area contributed by atoms with Crippen molar-refractivity contribution in [3.8, 4) is 0 Å². The summed E-state index contributed by atoms with van der Waals surface area (Å²) in [5.41, 5.74) is 5.54. The van der Waals surface area contributed by atoms with Crippen LogP contribution in [0.5, 0.6) is 0 Å². The molecule has 0 radical (unpaired) electrons. The Kier molecular flexibility index (Phi) is 5.98. The summed E-state index contributed by atoms with van der Waals surface area (Å²) in [6, 6.07) is 8.74. The molecule has 0 aliphatic carbocycles. The predicted molar refractivity (Wildman–Crippen MR) is 82.4 cm³/mol. The fourth-order valence-electron chi connectivity index (χ4n) is 2.87. The molecule has 0 amide bonds. The molecule has 1 saturated heterocycles. The average Bonchev–Trinajstić information content (AvgIpc) is 2.49. The largest absolute Gasteiger partial charge is 0.374 e. The molecule has 112 valence electrons. The Morgan fingerprint density at radius 2 is 2.30 bits per heavy atom. The van der Waals surface area contributed by atoms with Gasteiger partial charge < -0.3 is 4.74 Å². The molecule has 1 aromatic carbocycles. The lowest BCUT2D eigenvalue weighted by atomic mass is 9.97. The van der Waals surface area contributed by atoms with E-state index >= 15 is 0 Å². The van der Waals surface area contributed by atoms with Crippen molar-refractivity contribution in [3.63, 3.8) is 0 Å². The minimum atomic E-state index is 0.0566. The Morgan fingerprint density at radius 3 is 3.00 bits per heavy atom. The Balaban J connectivity index is 2.12. The molecule has 4 nitrogen and oxygen atoms in total. The van der Waals surface area contributed by atoms with Gasteiger partial charge >= 0.3 is 0 Å². The molecule has 1 fully saturated rings. The van der Waals surface area contributed by atoms with Crippen LogP contribution in [0.3, 0.4) is 0 Å². The van der Waals surface area contributed by atoms with Crippen molar-refractivity contribution in [2.75, 3.05) is 26.2 Å². The summed E-state index contributed by atoms with van der Waals surface area (Å²) in [6.45, 7) is 8.19. The van der Waals surface area contributed by atoms with Gasteiger partial charge in [0.15, 0.2) is 0 Å². The molecule has 0 saturated carbocycles. The van der Waals surface area contributed by atoms with Gasteiger partial charge in [-0.25, -0.2) is 0 Å². The van der Waals surface area contributed by atoms with Crippen LogP contribution in [0.2, 0.25) is 0 Å². The second-order valence-electron chi connectivity index (χ2n) is 5.44. The zero-order valence-electron chi connectivity index (χ0n) is 12.6. The van der Waals surface area contributed by atoms with Crippen LogP contribution in [-0.4, -0.2) is 37.2 Å². The summed E-state index contributed by atoms with van der Waals surface area (Å²) in [6.07, 6.45) is 2.39. The van der Waals surface area contributed by atoms with E-state index in [4.69, 9.17) is 10.6 Å². The number of rotatable bonds is 6. The van der Waals surface area contributed by atoms with Gasteiger partial charge in [-0.2, -0.15) is 0 Å². The van der Waals surface area contributed by atoms with E-state index in [9.17, 15) is 0 Å². The maximum atomic E-state index is 5.93. The van der Waals surface area contributed by atoms with Crippen molar-refractivity contribution in [1.29, 1.82) is 0 Å². The molecule has 1 aromatic rings. The van der Waals surface area contributed by atoms with Crippen LogP contribution >= 0.6 is 0 Å². The molecule has 0 spiro atoms. The fourth-order valence-corrected chi connectivity index (χ4v) is 2.87. The molecule has 2 unspecified atom stereocenters. The maximum Gasteiger partial charge on any atom is 0.0909 e. The summed E-state index contributed by atoms with van der Waals surface area (Å²) in [5, 5.41) is 0. The van der Waals surface area contributed by atoms with Gasteiger partial charge in [-0.3, -0.25) is 16.2 Å². The monoisotopic (exact) mass is 277 g/mol. The number of hydrogen-bond acceptors (Lipinski definition) is 4. The van der Waals surface area contributed by atoms with E-state index in [0.29, 0.717) is 0 Å². The van der Waals surface area contributed by atoms with Gasteiger partial charge in [-0.15, -0.1) is 0 Å². The van der Waals surface area contributed by atoms with Gasteiger partial charge in [0, 0.05) is 13.1 Å². The highest BCUT2D eigenvalue weighted by molar-refractivity contribution is 5.27. The number of aryl methyl sites for hydroxylation is 1. The van der Waals surface area contributed by atoms with Gasteiger partial charge in [-0.1, -0.05) is 44.5 Å². The summed E-state index contributed by atoms with van der Waals surface area (Å²) in [5.74, 6) is 5.80. The van der Waals surface area contributed by atoms with E-state index in [1.54, 1.807) is 0 Å². The van der Waals surface area contributed by atoms with E-state index in [0.717, 1.165) is 39.1 Å². The lowest BCUT2D eigenvalue weighted by Crippen LogP contribution is -2.49. The number of likely N-dealkylation sites (N-methyl/N-ethyl adjacent to an activating group) is 1. The van der Waals surface area contributed by atoms with E-state index in [1.807, 2.05) is 0 Å². The number of ether oxygens (including phenoxy) is 1. The van der Waals surface area contributed by atoms with Crippen LogP contribution in [0.4, 0.5) is 0 Å². The third-order valence-corrected chi connectivity index (χ3v) is 4.02. The average molecular weight is 277 g/mol. The van der Waals surface area contributed by atoms with E-state index in [2.05, 4.69) is 48.4 Å². The normalized spacial score (nSPS) is 21.9. The Morgan fingerprint density at radius 1 is 1.45 bits per heavy atom. The molecule has 1 heterocycles. The van der Waals surface area contributed by atoms with Gasteiger partial charge in [0.05, 0.1) is 18.8 Å². The SMILES string of the molecule is CCCc1cccc(C(NN)C2CN(CC)CCO2)c1. The summed E-state index contributed by atoms with van der Waals surface area (Å²) in [4.78, 5) is 2.41.